The van der Waals surface area contributed by atoms with Crippen LogP contribution in [0.1, 0.15) is 29.5 Å². The molecule has 348 valence electrons. The zero-order valence-electron chi connectivity index (χ0n) is 35.4. The number of nitrogens with one attached hydrogen (secondary N) is 1. The first kappa shape index (κ1) is 46.3. The molecule has 4 aromatic rings. The molecule has 3 fully saturated rings. The highest BCUT2D eigenvalue weighted by Gasteiger charge is 2.70. The normalized spacial score (nSPS) is 23.5. The minimum absolute atomic E-state index is 0.0168. The number of imide groups is 2. The van der Waals surface area contributed by atoms with Crippen molar-refractivity contribution in [3.8, 4) is 17.2 Å². The number of benzene rings is 3. The van der Waals surface area contributed by atoms with E-state index in [0.29, 0.717) is 33.3 Å². The first-order valence-electron chi connectivity index (χ1n) is 20.1. The molecule has 67 heavy (non-hydrogen) atoms. The van der Waals surface area contributed by atoms with Gasteiger partial charge in [0.25, 0.3) is 11.8 Å². The van der Waals surface area contributed by atoms with Gasteiger partial charge < -0.3 is 19.5 Å². The number of aromatic hydroxyl groups is 1. The van der Waals surface area contributed by atoms with Crippen LogP contribution in [-0.4, -0.2) is 76.9 Å². The van der Waals surface area contributed by atoms with Crippen molar-refractivity contribution in [2.75, 3.05) is 43.5 Å². The Labute approximate surface area is 387 Å². The van der Waals surface area contributed by atoms with Gasteiger partial charge in [0.05, 0.1) is 63.5 Å². The second-order valence-corrected chi connectivity index (χ2v) is 17.2. The van der Waals surface area contributed by atoms with Crippen LogP contribution < -0.4 is 24.7 Å². The minimum Gasteiger partial charge on any atom is -0.502 e. The van der Waals surface area contributed by atoms with Crippen LogP contribution >= 0.6 is 23.2 Å². The number of carbonyl (C=O) groups excluding carboxylic acids is 4. The summed E-state index contributed by atoms with van der Waals surface area (Å²) in [7, 11) is 5.34. The van der Waals surface area contributed by atoms with E-state index in [1.54, 1.807) is 18.2 Å². The van der Waals surface area contributed by atoms with Gasteiger partial charge in [0.1, 0.15) is 0 Å². The molecule has 1 saturated carbocycles. The summed E-state index contributed by atoms with van der Waals surface area (Å²) >= 11 is 12.6. The van der Waals surface area contributed by atoms with Gasteiger partial charge >= 0.3 is 17.6 Å². The number of nitro benzene ring substituents is 2. The molecule has 0 bridgehead atoms. The Bertz CT molecular complexity index is 2820. The number of aromatic nitrogens is 1. The molecule has 0 spiro atoms. The second kappa shape index (κ2) is 16.9. The lowest BCUT2D eigenvalue weighted by Gasteiger charge is -2.49. The number of halogens is 5. The third-order valence-electron chi connectivity index (χ3n) is 12.8. The van der Waals surface area contributed by atoms with Gasteiger partial charge in [0.2, 0.25) is 17.6 Å². The molecule has 2 aliphatic heterocycles. The highest BCUT2D eigenvalue weighted by molar-refractivity contribution is 6.33. The zero-order chi connectivity index (χ0) is 48.6. The Kier molecular flexibility index (Phi) is 11.7. The molecule has 18 nitrogen and oxygen atoms in total. The Hall–Kier alpha value is -7.26. The number of rotatable bonds is 11. The van der Waals surface area contributed by atoms with Gasteiger partial charge in [-0.2, -0.15) is 18.2 Å². The molecule has 6 atom stereocenters. The van der Waals surface area contributed by atoms with E-state index < -0.39 is 108 Å². The van der Waals surface area contributed by atoms with Crippen LogP contribution in [0.2, 0.25) is 10.0 Å². The van der Waals surface area contributed by atoms with Crippen molar-refractivity contribution < 1.29 is 56.8 Å². The van der Waals surface area contributed by atoms with Crippen molar-refractivity contribution >= 4 is 81.5 Å². The van der Waals surface area contributed by atoms with Crippen LogP contribution in [-0.2, 0) is 30.8 Å². The van der Waals surface area contributed by atoms with Crippen molar-refractivity contribution in [2.24, 2.45) is 29.6 Å². The number of hydrogen-bond acceptors (Lipinski definition) is 14. The zero-order valence-corrected chi connectivity index (χ0v) is 36.9. The molecular formula is C44H36Cl2F3N7O11. The van der Waals surface area contributed by atoms with Gasteiger partial charge in [-0.25, -0.2) is 9.88 Å². The summed E-state index contributed by atoms with van der Waals surface area (Å²) in [5.41, 5.74) is -1.77. The van der Waals surface area contributed by atoms with E-state index in [2.05, 4.69) is 10.4 Å². The topological polar surface area (TPSA) is 228 Å². The minimum atomic E-state index is -4.83. The maximum absolute atomic E-state index is 15.5. The quantitative estimate of drug-likeness (QED) is 0.0634. The fourth-order valence-corrected chi connectivity index (χ4v) is 10.3. The summed E-state index contributed by atoms with van der Waals surface area (Å²) in [6.45, 7) is 0. The number of ether oxygens (including phenoxy) is 2. The molecule has 6 unspecified atom stereocenters. The third-order valence-corrected chi connectivity index (χ3v) is 13.3. The molecule has 0 radical (unpaired) electrons. The van der Waals surface area contributed by atoms with E-state index in [0.717, 1.165) is 17.0 Å². The van der Waals surface area contributed by atoms with E-state index in [4.69, 9.17) is 32.7 Å². The average Bonchev–Trinajstić information content (AvgIpc) is 3.66. The van der Waals surface area contributed by atoms with Gasteiger partial charge in [-0.15, -0.1) is 0 Å². The predicted octanol–water partition coefficient (Wildman–Crippen LogP) is 7.75. The fraction of sp³-hybridized carbons (Fsp3) is 0.295. The summed E-state index contributed by atoms with van der Waals surface area (Å²) in [5.74, 6) is -10.2. The lowest BCUT2D eigenvalue weighted by atomic mass is 9.50. The number of amides is 4. The maximum Gasteiger partial charge on any atom is 0.417 e. The molecule has 2 N–H and O–H groups in total. The summed E-state index contributed by atoms with van der Waals surface area (Å²) < 4.78 is 51.5. The average molecular weight is 967 g/mol. The van der Waals surface area contributed by atoms with E-state index in [1.165, 1.54) is 64.7 Å². The number of allylic oxidation sites excluding steroid dienone is 3. The van der Waals surface area contributed by atoms with Crippen LogP contribution in [0.3, 0.4) is 0 Å². The third kappa shape index (κ3) is 7.41. The van der Waals surface area contributed by atoms with Crippen LogP contribution in [0.15, 0.2) is 78.5 Å². The number of carbonyl (C=O) groups is 4. The molecule has 4 amide bonds. The largest absolute Gasteiger partial charge is 0.502 e. The predicted molar refractivity (Wildman–Crippen MR) is 234 cm³/mol. The Morgan fingerprint density at radius 1 is 0.925 bits per heavy atom. The first-order chi connectivity index (χ1) is 31.6. The number of hydrazine groups is 1. The molecule has 2 aliphatic carbocycles. The molecular weight excluding hydrogens is 930 g/mol. The number of nitrogens with zero attached hydrogens (tertiary/aromatic N) is 6. The molecule has 8 rings (SSSR count). The maximum atomic E-state index is 15.5. The molecule has 2 saturated heterocycles. The van der Waals surface area contributed by atoms with Crippen LogP contribution in [0.25, 0.3) is 6.08 Å². The number of phenolic OH excluding ortho intramolecular Hbond substituents is 1. The van der Waals surface area contributed by atoms with E-state index in [-0.39, 0.29) is 46.4 Å². The van der Waals surface area contributed by atoms with Crippen molar-refractivity contribution in [1.29, 1.82) is 0 Å². The number of hydrogen-bond donors (Lipinski definition) is 2. The summed E-state index contributed by atoms with van der Waals surface area (Å²) in [4.78, 5) is 88.2. The van der Waals surface area contributed by atoms with Gasteiger partial charge in [0, 0.05) is 43.4 Å². The number of fused-ring (bicyclic) bond motifs is 4. The molecule has 4 aliphatic rings. The monoisotopic (exact) mass is 965 g/mol. The van der Waals surface area contributed by atoms with Crippen molar-refractivity contribution in [3.63, 3.8) is 0 Å². The lowest BCUT2D eigenvalue weighted by molar-refractivity contribution is -0.392. The number of pyridine rings is 1. The van der Waals surface area contributed by atoms with Crippen LogP contribution in [0.4, 0.5) is 41.7 Å². The SMILES string of the molecule is COc1cc(C=CC2C3=CCC4C(=O)N(c5cc([N+](=O)[O-])c(N(C)C)c([N+](=O)[O-])c5)C(=O)C4C3CC3C(=O)N(Nc4ncc(C(F)(F)F)cc4Cl)C(=O)C23c2ccc(Cl)cc2)cc(OC)c1O. The Morgan fingerprint density at radius 3 is 2.07 bits per heavy atom. The van der Waals surface area contributed by atoms with Crippen molar-refractivity contribution in [1.82, 2.24) is 9.99 Å². The van der Waals surface area contributed by atoms with Gasteiger partial charge in [-0.1, -0.05) is 59.1 Å². The summed E-state index contributed by atoms with van der Waals surface area (Å²) in [6.07, 6.45) is 0.114. The number of methoxy groups -OCH3 is 2. The van der Waals surface area contributed by atoms with Crippen molar-refractivity contribution in [2.45, 2.75) is 24.4 Å². The molecule has 23 heteroatoms. The molecule has 3 heterocycles. The van der Waals surface area contributed by atoms with Crippen molar-refractivity contribution in [3.05, 3.63) is 125 Å². The van der Waals surface area contributed by atoms with E-state index >= 15 is 9.59 Å². The van der Waals surface area contributed by atoms with Crippen LogP contribution in [0.5, 0.6) is 17.2 Å². The number of anilines is 3. The second-order valence-electron chi connectivity index (χ2n) is 16.3. The molecule has 3 aromatic carbocycles. The van der Waals surface area contributed by atoms with Gasteiger partial charge in [-0.05, 0) is 60.2 Å². The highest BCUT2D eigenvalue weighted by atomic mass is 35.5. The highest BCUT2D eigenvalue weighted by Crippen LogP contribution is 2.62. The lowest BCUT2D eigenvalue weighted by Crippen LogP contribution is -2.54. The Balaban J connectivity index is 1.31. The standard InChI is InChI=1S/C44H36Cl2F3N7O11/c1-52(2)36-31(55(62)63)16-24(17-32(36)56(64)65)53-39(58)26-11-10-25-27(35(26)41(53)60)18-29-40(59)54(51-38-30(46)15-22(19-50-38)44(47,48)49)42(61)43(29,21-6-8-23(45)9-7-21)28(25)12-5-20-13-33(66-3)37(57)34(14-20)67-4/h5-10,12-17,19,26-29,35,57H,11,18H2,1-4H3,(H,50,51). The van der Waals surface area contributed by atoms with Gasteiger partial charge in [-0.3, -0.25) is 44.8 Å². The summed E-state index contributed by atoms with van der Waals surface area (Å²) in [5, 5.41) is 35.6. The number of alkyl halides is 3. The van der Waals surface area contributed by atoms with Crippen LogP contribution in [0, 0.1) is 49.8 Å². The first-order valence-corrected chi connectivity index (χ1v) is 20.9. The van der Waals surface area contributed by atoms with Gasteiger partial charge in [0.15, 0.2) is 23.0 Å². The van der Waals surface area contributed by atoms with E-state index in [9.17, 15) is 48.1 Å². The number of nitro groups is 2. The smallest absolute Gasteiger partial charge is 0.417 e. The number of phenols is 1. The Morgan fingerprint density at radius 2 is 1.54 bits per heavy atom. The fourth-order valence-electron chi connectivity index (χ4n) is 9.96. The molecule has 1 aromatic heterocycles. The summed E-state index contributed by atoms with van der Waals surface area (Å²) in [6, 6.07) is 11.4. The van der Waals surface area contributed by atoms with E-state index in [1.807, 2.05) is 0 Å².